The van der Waals surface area contributed by atoms with Gasteiger partial charge in [-0.05, 0) is 6.92 Å². The smallest absolute Gasteiger partial charge is 0.230 e. The predicted octanol–water partition coefficient (Wildman–Crippen LogP) is 0.860. The van der Waals surface area contributed by atoms with E-state index in [4.69, 9.17) is 4.42 Å². The summed E-state index contributed by atoms with van der Waals surface area (Å²) in [7, 11) is 0. The molecule has 24 heavy (non-hydrogen) atoms. The molecule has 9 nitrogen and oxygen atoms in total. The van der Waals surface area contributed by atoms with Crippen LogP contribution in [0.2, 0.25) is 0 Å². The van der Waals surface area contributed by atoms with Gasteiger partial charge in [0.1, 0.15) is 6.33 Å². The van der Waals surface area contributed by atoms with Crippen molar-refractivity contribution in [2.24, 2.45) is 0 Å². The van der Waals surface area contributed by atoms with Gasteiger partial charge in [0.25, 0.3) is 0 Å². The number of hydrogen-bond donors (Lipinski definition) is 0. The molecule has 0 spiro atoms. The van der Waals surface area contributed by atoms with E-state index in [1.165, 1.54) is 0 Å². The van der Waals surface area contributed by atoms with Gasteiger partial charge < -0.3 is 13.9 Å². The summed E-state index contributed by atoms with van der Waals surface area (Å²) in [6, 6.07) is 0. The number of hydrogen-bond acceptors (Lipinski definition) is 8. The van der Waals surface area contributed by atoms with E-state index in [2.05, 4.69) is 41.9 Å². The molecule has 1 aliphatic heterocycles. The van der Waals surface area contributed by atoms with Crippen molar-refractivity contribution in [2.75, 3.05) is 31.1 Å². The van der Waals surface area contributed by atoms with E-state index in [0.29, 0.717) is 18.3 Å². The molecule has 0 saturated carbocycles. The molecule has 0 amide bonds. The van der Waals surface area contributed by atoms with E-state index in [1.807, 2.05) is 17.8 Å². The maximum absolute atomic E-state index is 5.46. The third-order valence-corrected chi connectivity index (χ3v) is 4.32. The lowest BCUT2D eigenvalue weighted by molar-refractivity contribution is 0.224. The van der Waals surface area contributed by atoms with E-state index in [1.54, 1.807) is 6.33 Å². The molecule has 1 fully saturated rings. The normalized spacial score (nSPS) is 16.2. The number of rotatable bonds is 4. The van der Waals surface area contributed by atoms with Gasteiger partial charge in [-0.3, -0.25) is 4.90 Å². The zero-order valence-electron chi connectivity index (χ0n) is 13.9. The maximum atomic E-state index is 5.46. The molecule has 0 N–H and O–H groups in total. The third-order valence-electron chi connectivity index (χ3n) is 4.32. The predicted molar refractivity (Wildman–Crippen MR) is 87.5 cm³/mol. The summed E-state index contributed by atoms with van der Waals surface area (Å²) in [5, 5.41) is 7.94. The van der Waals surface area contributed by atoms with Crippen molar-refractivity contribution in [1.29, 1.82) is 0 Å². The number of imidazole rings is 1. The number of aryl methyl sites for hydroxylation is 2. The summed E-state index contributed by atoms with van der Waals surface area (Å²) in [5.41, 5.74) is 1.77. The summed E-state index contributed by atoms with van der Waals surface area (Å²) in [5.74, 6) is 2.20. The highest BCUT2D eigenvalue weighted by Crippen LogP contribution is 2.22. The largest absolute Gasteiger partial charge is 0.424 e. The number of nitrogens with zero attached hydrogens (tertiary/aromatic N) is 8. The fraction of sp³-hybridized carbons (Fsp3) is 0.533. The second-order valence-corrected chi connectivity index (χ2v) is 5.88. The van der Waals surface area contributed by atoms with E-state index >= 15 is 0 Å². The Morgan fingerprint density at radius 1 is 1.08 bits per heavy atom. The van der Waals surface area contributed by atoms with Gasteiger partial charge in [-0.1, -0.05) is 0 Å². The van der Waals surface area contributed by atoms with Gasteiger partial charge in [0.05, 0.1) is 12.9 Å². The van der Waals surface area contributed by atoms with Crippen LogP contribution in [-0.2, 0) is 13.1 Å². The molecule has 9 heteroatoms. The lowest BCUT2D eigenvalue weighted by atomic mass is 10.3. The second kappa shape index (κ2) is 6.16. The Bertz CT molecular complexity index is 833. The highest BCUT2D eigenvalue weighted by molar-refractivity contribution is 5.83. The maximum Gasteiger partial charge on any atom is 0.230 e. The molecule has 0 unspecified atom stereocenters. The van der Waals surface area contributed by atoms with Crippen LogP contribution in [0.5, 0.6) is 0 Å². The van der Waals surface area contributed by atoms with Crippen LogP contribution in [0, 0.1) is 6.92 Å². The molecular formula is C15H20N8O. The van der Waals surface area contributed by atoms with E-state index in [-0.39, 0.29) is 0 Å². The standard InChI is InChI=1S/C15H20N8O/c1-3-22-10-18-13-14(22)16-9-17-15(13)23-6-4-21(5-7-23)8-12-20-19-11(2)24-12/h9-10H,3-8H2,1-2H3. The first-order chi connectivity index (χ1) is 11.7. The molecule has 0 aromatic carbocycles. The minimum atomic E-state index is 0.610. The van der Waals surface area contributed by atoms with Crippen molar-refractivity contribution in [3.05, 3.63) is 24.4 Å². The Hall–Kier alpha value is -2.55. The molecule has 3 aromatic heterocycles. The van der Waals surface area contributed by atoms with E-state index in [9.17, 15) is 0 Å². The number of aromatic nitrogens is 6. The van der Waals surface area contributed by atoms with Gasteiger partial charge in [-0.2, -0.15) is 0 Å². The molecule has 1 aliphatic rings. The molecule has 0 aliphatic carbocycles. The number of piperazine rings is 1. The van der Waals surface area contributed by atoms with Crippen molar-refractivity contribution in [2.45, 2.75) is 26.9 Å². The number of anilines is 1. The average molecular weight is 328 g/mol. The first-order valence-corrected chi connectivity index (χ1v) is 8.16. The summed E-state index contributed by atoms with van der Waals surface area (Å²) in [4.78, 5) is 17.9. The summed E-state index contributed by atoms with van der Waals surface area (Å²) in [6.45, 7) is 9.05. The molecule has 1 saturated heterocycles. The van der Waals surface area contributed by atoms with Crippen molar-refractivity contribution >= 4 is 17.0 Å². The van der Waals surface area contributed by atoms with Crippen LogP contribution in [-0.4, -0.2) is 60.8 Å². The fourth-order valence-corrected chi connectivity index (χ4v) is 3.04. The van der Waals surface area contributed by atoms with Gasteiger partial charge in [0.15, 0.2) is 17.0 Å². The summed E-state index contributed by atoms with van der Waals surface area (Å²) < 4.78 is 7.50. The minimum absolute atomic E-state index is 0.610. The quantitative estimate of drug-likeness (QED) is 0.697. The SMILES string of the molecule is CCn1cnc2c(N3CCN(Cc4nnc(C)o4)CC3)ncnc21. The molecule has 4 rings (SSSR count). The topological polar surface area (TPSA) is 89.0 Å². The fourth-order valence-electron chi connectivity index (χ4n) is 3.04. The van der Waals surface area contributed by atoms with Crippen molar-refractivity contribution in [3.63, 3.8) is 0 Å². The van der Waals surface area contributed by atoms with Crippen LogP contribution >= 0.6 is 0 Å². The van der Waals surface area contributed by atoms with Crippen LogP contribution in [0.4, 0.5) is 5.82 Å². The Labute approximate surface area is 139 Å². The Kier molecular flexibility index (Phi) is 3.85. The summed E-state index contributed by atoms with van der Waals surface area (Å²) in [6.07, 6.45) is 3.45. The molecule has 4 heterocycles. The number of fused-ring (bicyclic) bond motifs is 1. The molecule has 126 valence electrons. The van der Waals surface area contributed by atoms with Crippen molar-refractivity contribution < 1.29 is 4.42 Å². The zero-order chi connectivity index (χ0) is 16.5. The second-order valence-electron chi connectivity index (χ2n) is 5.88. The lowest BCUT2D eigenvalue weighted by Crippen LogP contribution is -2.46. The first kappa shape index (κ1) is 15.0. The third kappa shape index (κ3) is 2.71. The van der Waals surface area contributed by atoms with E-state index < -0.39 is 0 Å². The van der Waals surface area contributed by atoms with Gasteiger partial charge in [-0.25, -0.2) is 15.0 Å². The van der Waals surface area contributed by atoms with Crippen LogP contribution in [0.25, 0.3) is 11.2 Å². The Balaban J connectivity index is 1.47. The van der Waals surface area contributed by atoms with Gasteiger partial charge in [0.2, 0.25) is 11.8 Å². The van der Waals surface area contributed by atoms with Gasteiger partial charge in [-0.15, -0.1) is 10.2 Å². The van der Waals surface area contributed by atoms with Crippen LogP contribution in [0.1, 0.15) is 18.7 Å². The monoisotopic (exact) mass is 328 g/mol. The lowest BCUT2D eigenvalue weighted by Gasteiger charge is -2.34. The highest BCUT2D eigenvalue weighted by Gasteiger charge is 2.22. The molecule has 0 bridgehead atoms. The zero-order valence-corrected chi connectivity index (χ0v) is 13.9. The Morgan fingerprint density at radius 3 is 2.62 bits per heavy atom. The molecular weight excluding hydrogens is 308 g/mol. The molecule has 0 atom stereocenters. The average Bonchev–Trinajstić information content (AvgIpc) is 3.21. The first-order valence-electron chi connectivity index (χ1n) is 8.16. The van der Waals surface area contributed by atoms with Crippen LogP contribution in [0.3, 0.4) is 0 Å². The van der Waals surface area contributed by atoms with Gasteiger partial charge >= 0.3 is 0 Å². The molecule has 3 aromatic rings. The summed E-state index contributed by atoms with van der Waals surface area (Å²) >= 11 is 0. The van der Waals surface area contributed by atoms with E-state index in [0.717, 1.165) is 49.7 Å². The highest BCUT2D eigenvalue weighted by atomic mass is 16.4. The van der Waals surface area contributed by atoms with Crippen molar-refractivity contribution in [3.8, 4) is 0 Å². The van der Waals surface area contributed by atoms with Crippen LogP contribution in [0.15, 0.2) is 17.1 Å². The van der Waals surface area contributed by atoms with Crippen LogP contribution < -0.4 is 4.90 Å². The molecule has 0 radical (unpaired) electrons. The minimum Gasteiger partial charge on any atom is -0.424 e. The van der Waals surface area contributed by atoms with Crippen molar-refractivity contribution in [1.82, 2.24) is 34.6 Å². The Morgan fingerprint density at radius 2 is 1.92 bits per heavy atom. The van der Waals surface area contributed by atoms with Gasteiger partial charge in [0, 0.05) is 39.6 Å².